The molecule has 4 aliphatic carbocycles. The van der Waals surface area contributed by atoms with Gasteiger partial charge in [-0.3, -0.25) is 0 Å². The molecule has 0 aromatic rings. The van der Waals surface area contributed by atoms with E-state index in [1.54, 1.807) is 0 Å². The minimum atomic E-state index is -0.00235. The molecule has 0 bridgehead atoms. The second-order valence-electron chi connectivity index (χ2n) is 11.3. The summed E-state index contributed by atoms with van der Waals surface area (Å²) < 4.78 is 0. The van der Waals surface area contributed by atoms with Gasteiger partial charge in [0, 0.05) is 0 Å². The van der Waals surface area contributed by atoms with Crippen LogP contribution in [0.25, 0.3) is 0 Å². The van der Waals surface area contributed by atoms with Crippen LogP contribution >= 0.6 is 0 Å². The van der Waals surface area contributed by atoms with Crippen molar-refractivity contribution in [1.29, 1.82) is 0 Å². The Labute approximate surface area is 162 Å². The highest BCUT2D eigenvalue weighted by Crippen LogP contribution is 2.67. The van der Waals surface area contributed by atoms with Crippen LogP contribution in [0.1, 0.15) is 111 Å². The zero-order valence-electron chi connectivity index (χ0n) is 17.8. The van der Waals surface area contributed by atoms with E-state index in [0.29, 0.717) is 10.8 Å². The van der Waals surface area contributed by atoms with Crippen LogP contribution in [0.4, 0.5) is 0 Å². The third kappa shape index (κ3) is 3.09. The van der Waals surface area contributed by atoms with Crippen LogP contribution in [0.5, 0.6) is 0 Å². The Morgan fingerprint density at radius 1 is 0.808 bits per heavy atom. The summed E-state index contributed by atoms with van der Waals surface area (Å²) >= 11 is 0. The highest BCUT2D eigenvalue weighted by atomic mass is 16.3. The molecule has 0 aliphatic heterocycles. The Morgan fingerprint density at radius 2 is 1.58 bits per heavy atom. The molecule has 26 heavy (non-hydrogen) atoms. The summed E-state index contributed by atoms with van der Waals surface area (Å²) in [6.07, 6.45) is 19.6. The van der Waals surface area contributed by atoms with E-state index in [9.17, 15) is 5.11 Å². The molecule has 1 nitrogen and oxygen atoms in total. The average Bonchev–Trinajstić information content (AvgIpc) is 2.96. The van der Waals surface area contributed by atoms with E-state index in [1.165, 1.54) is 77.0 Å². The van der Waals surface area contributed by atoms with Gasteiger partial charge >= 0.3 is 0 Å². The van der Waals surface area contributed by atoms with E-state index in [4.69, 9.17) is 0 Å². The molecular formula is C25H44O. The molecule has 0 heterocycles. The van der Waals surface area contributed by atoms with Crippen LogP contribution in [-0.4, -0.2) is 11.2 Å². The number of hydrogen-bond donors (Lipinski definition) is 1. The number of aliphatic hydroxyl groups excluding tert-OH is 1. The van der Waals surface area contributed by atoms with Crippen LogP contribution in [-0.2, 0) is 0 Å². The van der Waals surface area contributed by atoms with Gasteiger partial charge in [-0.25, -0.2) is 0 Å². The summed E-state index contributed by atoms with van der Waals surface area (Å²) in [5.74, 6) is 4.81. The molecule has 4 saturated carbocycles. The Balaban J connectivity index is 1.46. The van der Waals surface area contributed by atoms with Crippen molar-refractivity contribution in [1.82, 2.24) is 0 Å². The number of unbranched alkanes of at least 4 members (excludes halogenated alkanes) is 3. The van der Waals surface area contributed by atoms with Gasteiger partial charge in [0.15, 0.2) is 0 Å². The van der Waals surface area contributed by atoms with Crippen molar-refractivity contribution in [3.63, 3.8) is 0 Å². The fourth-order valence-electron chi connectivity index (χ4n) is 8.64. The molecule has 0 amide bonds. The van der Waals surface area contributed by atoms with Crippen molar-refractivity contribution >= 4 is 0 Å². The summed E-state index contributed by atoms with van der Waals surface area (Å²) in [5.41, 5.74) is 1.20. The minimum absolute atomic E-state index is 0.00235. The third-order valence-corrected chi connectivity index (χ3v) is 10.2. The first kappa shape index (κ1) is 19.3. The standard InChI is InChI=1S/C25H44O/c1-4-5-6-7-8-18-10-12-22-21-11-9-19-17-20(26)13-15-25(19,3)23(21)14-16-24(18,22)2/h18-23,26H,4-17H2,1-3H3/t18-,19-,20-,21-,22-,23-,24+,25-/m0/s1. The maximum absolute atomic E-state index is 10.2. The van der Waals surface area contributed by atoms with Crippen LogP contribution in [0, 0.1) is 40.4 Å². The van der Waals surface area contributed by atoms with Crippen molar-refractivity contribution in [2.45, 2.75) is 117 Å². The number of fused-ring (bicyclic) bond motifs is 5. The third-order valence-electron chi connectivity index (χ3n) is 10.2. The predicted molar refractivity (Wildman–Crippen MR) is 110 cm³/mol. The van der Waals surface area contributed by atoms with E-state index < -0.39 is 0 Å². The fraction of sp³-hybridized carbons (Fsp3) is 1.00. The summed E-state index contributed by atoms with van der Waals surface area (Å²) in [5, 5.41) is 10.2. The molecule has 4 fully saturated rings. The molecule has 0 radical (unpaired) electrons. The lowest BCUT2D eigenvalue weighted by atomic mass is 9.44. The summed E-state index contributed by atoms with van der Waals surface area (Å²) in [4.78, 5) is 0. The molecule has 1 heteroatoms. The fourth-order valence-corrected chi connectivity index (χ4v) is 8.64. The van der Waals surface area contributed by atoms with Crippen molar-refractivity contribution in [3.8, 4) is 0 Å². The van der Waals surface area contributed by atoms with Gasteiger partial charge < -0.3 is 5.11 Å². The van der Waals surface area contributed by atoms with Gasteiger partial charge in [0.25, 0.3) is 0 Å². The smallest absolute Gasteiger partial charge is 0.0543 e. The molecule has 4 rings (SSSR count). The van der Waals surface area contributed by atoms with Gasteiger partial charge in [0.2, 0.25) is 0 Å². The van der Waals surface area contributed by atoms with Gasteiger partial charge in [0.05, 0.1) is 6.10 Å². The SMILES string of the molecule is CCCCCC[C@H]1CC[C@H]2[C@@H]3CC[C@H]4C[C@@H](O)CC[C@]4(C)[C@H]3CC[C@]12C. The average molecular weight is 361 g/mol. The topological polar surface area (TPSA) is 20.2 Å². The van der Waals surface area contributed by atoms with E-state index in [1.807, 2.05) is 0 Å². The largest absolute Gasteiger partial charge is 0.393 e. The molecular weight excluding hydrogens is 316 g/mol. The zero-order valence-corrected chi connectivity index (χ0v) is 17.8. The van der Waals surface area contributed by atoms with Crippen molar-refractivity contribution in [2.75, 3.05) is 0 Å². The van der Waals surface area contributed by atoms with Gasteiger partial charge in [-0.2, -0.15) is 0 Å². The molecule has 150 valence electrons. The Hall–Kier alpha value is -0.0400. The molecule has 4 aliphatic rings. The van der Waals surface area contributed by atoms with Gasteiger partial charge in [-0.1, -0.05) is 46.5 Å². The van der Waals surface area contributed by atoms with E-state index in [-0.39, 0.29) is 6.10 Å². The molecule has 0 aromatic heterocycles. The van der Waals surface area contributed by atoms with Crippen LogP contribution in [0.15, 0.2) is 0 Å². The second kappa shape index (κ2) is 7.41. The summed E-state index contributed by atoms with van der Waals surface area (Å²) in [7, 11) is 0. The quantitative estimate of drug-likeness (QED) is 0.524. The van der Waals surface area contributed by atoms with Crippen LogP contribution in [0.3, 0.4) is 0 Å². The van der Waals surface area contributed by atoms with Crippen LogP contribution in [0.2, 0.25) is 0 Å². The molecule has 8 atom stereocenters. The Morgan fingerprint density at radius 3 is 2.38 bits per heavy atom. The summed E-state index contributed by atoms with van der Waals surface area (Å²) in [6, 6.07) is 0. The monoisotopic (exact) mass is 360 g/mol. The van der Waals surface area contributed by atoms with E-state index in [0.717, 1.165) is 42.4 Å². The van der Waals surface area contributed by atoms with E-state index >= 15 is 0 Å². The van der Waals surface area contributed by atoms with Crippen LogP contribution < -0.4 is 0 Å². The van der Waals surface area contributed by atoms with Crippen molar-refractivity contribution < 1.29 is 5.11 Å². The van der Waals surface area contributed by atoms with Gasteiger partial charge in [-0.15, -0.1) is 0 Å². The Kier molecular flexibility index (Phi) is 5.50. The first-order chi connectivity index (χ1) is 12.5. The predicted octanol–water partition coefficient (Wildman–Crippen LogP) is 6.98. The normalized spacial score (nSPS) is 50.8. The lowest BCUT2D eigenvalue weighted by Crippen LogP contribution is -2.53. The minimum Gasteiger partial charge on any atom is -0.393 e. The highest BCUT2D eigenvalue weighted by molar-refractivity contribution is 5.09. The highest BCUT2D eigenvalue weighted by Gasteiger charge is 2.59. The number of aliphatic hydroxyl groups is 1. The van der Waals surface area contributed by atoms with E-state index in [2.05, 4.69) is 20.8 Å². The van der Waals surface area contributed by atoms with Gasteiger partial charge in [-0.05, 0) is 105 Å². The van der Waals surface area contributed by atoms with Gasteiger partial charge in [0.1, 0.15) is 0 Å². The lowest BCUT2D eigenvalue weighted by molar-refractivity contribution is -0.127. The number of hydrogen-bond acceptors (Lipinski definition) is 1. The molecule has 0 spiro atoms. The second-order valence-corrected chi connectivity index (χ2v) is 11.3. The maximum atomic E-state index is 10.2. The molecule has 1 N–H and O–H groups in total. The lowest BCUT2D eigenvalue weighted by Gasteiger charge is -2.61. The first-order valence-corrected chi connectivity index (χ1v) is 12.2. The maximum Gasteiger partial charge on any atom is 0.0543 e. The Bertz CT molecular complexity index is 487. The molecule has 0 unspecified atom stereocenters. The zero-order chi connectivity index (χ0) is 18.4. The van der Waals surface area contributed by atoms with Crippen molar-refractivity contribution in [3.05, 3.63) is 0 Å². The molecule has 0 saturated heterocycles. The van der Waals surface area contributed by atoms with Crippen molar-refractivity contribution in [2.24, 2.45) is 40.4 Å². The first-order valence-electron chi connectivity index (χ1n) is 12.2. The number of rotatable bonds is 5. The molecule has 0 aromatic carbocycles. The summed E-state index contributed by atoms with van der Waals surface area (Å²) in [6.45, 7) is 7.65.